The molecule has 2 rings (SSSR count). The first kappa shape index (κ1) is 14.3. The van der Waals surface area contributed by atoms with Crippen molar-refractivity contribution in [3.63, 3.8) is 0 Å². The molecule has 0 atom stereocenters. The molecule has 0 heterocycles. The second-order valence-electron chi connectivity index (χ2n) is 4.14. The van der Waals surface area contributed by atoms with Gasteiger partial charge < -0.3 is 21.5 Å². The zero-order valence-corrected chi connectivity index (χ0v) is 11.7. The quantitative estimate of drug-likeness (QED) is 0.750. The fraction of sp³-hybridized carbons (Fsp3) is 0.143. The maximum Gasteiger partial charge on any atom is 0.169 e. The van der Waals surface area contributed by atoms with Crippen LogP contribution in [-0.2, 0) is 0 Å². The Morgan fingerprint density at radius 1 is 1.25 bits per heavy atom. The number of anilines is 4. The summed E-state index contributed by atoms with van der Waals surface area (Å²) < 4.78 is 19.4. The fourth-order valence-corrected chi connectivity index (χ4v) is 1.92. The van der Waals surface area contributed by atoms with Gasteiger partial charge in [-0.3, -0.25) is 0 Å². The van der Waals surface area contributed by atoms with E-state index in [0.717, 1.165) is 0 Å². The minimum atomic E-state index is -0.675. The summed E-state index contributed by atoms with van der Waals surface area (Å²) in [7, 11) is 0. The number of nitrogen functional groups attached to an aromatic ring is 2. The summed E-state index contributed by atoms with van der Waals surface area (Å²) in [5, 5.41) is 2.74. The number of rotatable bonds is 4. The highest BCUT2D eigenvalue weighted by Crippen LogP contribution is 2.35. The largest absolute Gasteiger partial charge is 0.494 e. The van der Waals surface area contributed by atoms with E-state index < -0.39 is 5.82 Å². The van der Waals surface area contributed by atoms with E-state index in [1.165, 1.54) is 6.07 Å². The number of nitrogens with two attached hydrogens (primary N) is 2. The summed E-state index contributed by atoms with van der Waals surface area (Å²) in [4.78, 5) is 0. The van der Waals surface area contributed by atoms with Crippen LogP contribution in [0.2, 0.25) is 5.02 Å². The zero-order chi connectivity index (χ0) is 14.7. The molecule has 0 aromatic heterocycles. The average molecular weight is 296 g/mol. The smallest absolute Gasteiger partial charge is 0.169 e. The van der Waals surface area contributed by atoms with Crippen LogP contribution in [0.1, 0.15) is 6.92 Å². The van der Waals surface area contributed by atoms with Gasteiger partial charge >= 0.3 is 0 Å². The predicted octanol–water partition coefficient (Wildman–Crippen LogP) is 3.79. The standard InChI is InChI=1S/C14H15ClFN3O/c1-2-20-9-5-3-4-8(6-9)19-14-11(18)7-10(17)12(15)13(14)16/h3-7,19H,2,17-18H2,1H3. The lowest BCUT2D eigenvalue weighted by atomic mass is 10.2. The van der Waals surface area contributed by atoms with Gasteiger partial charge in [0.25, 0.3) is 0 Å². The number of hydrogen-bond acceptors (Lipinski definition) is 4. The van der Waals surface area contributed by atoms with Crippen LogP contribution in [-0.4, -0.2) is 6.61 Å². The molecule has 0 saturated heterocycles. The highest BCUT2D eigenvalue weighted by Gasteiger charge is 2.14. The summed E-state index contributed by atoms with van der Waals surface area (Å²) in [5.41, 5.74) is 12.3. The number of benzene rings is 2. The number of ether oxygens (including phenoxy) is 1. The van der Waals surface area contributed by atoms with Gasteiger partial charge in [-0.1, -0.05) is 17.7 Å². The Hall–Kier alpha value is -2.14. The minimum absolute atomic E-state index is 0.0952. The van der Waals surface area contributed by atoms with Crippen molar-refractivity contribution in [2.75, 3.05) is 23.4 Å². The van der Waals surface area contributed by atoms with Crippen LogP contribution in [0.4, 0.5) is 27.1 Å². The molecule has 0 aliphatic carbocycles. The molecule has 0 radical (unpaired) electrons. The number of nitrogens with one attached hydrogen (secondary N) is 1. The van der Waals surface area contributed by atoms with Crippen LogP contribution >= 0.6 is 11.6 Å². The molecule has 0 aliphatic rings. The lowest BCUT2D eigenvalue weighted by Crippen LogP contribution is -2.03. The Balaban J connectivity index is 2.35. The Kier molecular flexibility index (Phi) is 4.20. The third kappa shape index (κ3) is 2.88. The molecule has 6 heteroatoms. The number of hydrogen-bond donors (Lipinski definition) is 3. The van der Waals surface area contributed by atoms with E-state index in [4.69, 9.17) is 27.8 Å². The van der Waals surface area contributed by atoms with Gasteiger partial charge in [-0.25, -0.2) is 4.39 Å². The van der Waals surface area contributed by atoms with Crippen molar-refractivity contribution in [2.24, 2.45) is 0 Å². The van der Waals surface area contributed by atoms with Crippen molar-refractivity contribution in [1.29, 1.82) is 0 Å². The predicted molar refractivity (Wildman–Crippen MR) is 81.1 cm³/mol. The molecule has 106 valence electrons. The van der Waals surface area contributed by atoms with Gasteiger partial charge in [0.1, 0.15) is 10.8 Å². The van der Waals surface area contributed by atoms with E-state index in [-0.39, 0.29) is 22.1 Å². The lowest BCUT2D eigenvalue weighted by molar-refractivity contribution is 0.340. The van der Waals surface area contributed by atoms with Crippen molar-refractivity contribution in [3.05, 3.63) is 41.2 Å². The Bertz CT molecular complexity index is 634. The van der Waals surface area contributed by atoms with Crippen molar-refractivity contribution in [3.8, 4) is 5.75 Å². The van der Waals surface area contributed by atoms with Gasteiger partial charge in [0.2, 0.25) is 0 Å². The van der Waals surface area contributed by atoms with Crippen molar-refractivity contribution in [1.82, 2.24) is 0 Å². The van der Waals surface area contributed by atoms with E-state index in [0.29, 0.717) is 18.0 Å². The average Bonchev–Trinajstić information content (AvgIpc) is 2.42. The molecule has 0 bridgehead atoms. The van der Waals surface area contributed by atoms with Crippen LogP contribution in [0, 0.1) is 5.82 Å². The summed E-state index contributed by atoms with van der Waals surface area (Å²) in [6, 6.07) is 8.53. The second kappa shape index (κ2) is 5.88. The van der Waals surface area contributed by atoms with Crippen LogP contribution in [0.3, 0.4) is 0 Å². The maximum atomic E-state index is 14.1. The van der Waals surface area contributed by atoms with Crippen molar-refractivity contribution < 1.29 is 9.13 Å². The highest BCUT2D eigenvalue weighted by molar-refractivity contribution is 6.33. The number of halogens is 2. The highest BCUT2D eigenvalue weighted by atomic mass is 35.5. The monoisotopic (exact) mass is 295 g/mol. The van der Waals surface area contributed by atoms with E-state index >= 15 is 0 Å². The lowest BCUT2D eigenvalue weighted by Gasteiger charge is -2.13. The topological polar surface area (TPSA) is 73.3 Å². The molecule has 0 fully saturated rings. The third-order valence-corrected chi connectivity index (χ3v) is 3.06. The summed E-state index contributed by atoms with van der Waals surface area (Å²) in [5.74, 6) is 0.00370. The first-order valence-electron chi connectivity index (χ1n) is 6.05. The van der Waals surface area contributed by atoms with Gasteiger partial charge in [-0.2, -0.15) is 0 Å². The first-order valence-corrected chi connectivity index (χ1v) is 6.43. The zero-order valence-electron chi connectivity index (χ0n) is 10.9. The van der Waals surface area contributed by atoms with Gasteiger partial charge in [-0.15, -0.1) is 0 Å². The molecular formula is C14H15ClFN3O. The van der Waals surface area contributed by atoms with E-state index in [9.17, 15) is 4.39 Å². The van der Waals surface area contributed by atoms with Crippen LogP contribution in [0.25, 0.3) is 0 Å². The van der Waals surface area contributed by atoms with Gasteiger partial charge in [-0.05, 0) is 25.1 Å². The third-order valence-electron chi connectivity index (χ3n) is 2.68. The molecule has 0 spiro atoms. The SMILES string of the molecule is CCOc1cccc(Nc2c(N)cc(N)c(Cl)c2F)c1. The Labute approximate surface area is 121 Å². The molecule has 2 aromatic rings. The first-order chi connectivity index (χ1) is 9.52. The van der Waals surface area contributed by atoms with Crippen LogP contribution < -0.4 is 21.5 Å². The van der Waals surface area contributed by atoms with Gasteiger partial charge in [0.05, 0.1) is 23.7 Å². The molecule has 4 nitrogen and oxygen atoms in total. The summed E-state index contributed by atoms with van der Waals surface area (Å²) >= 11 is 5.78. The van der Waals surface area contributed by atoms with Crippen LogP contribution in [0.5, 0.6) is 5.75 Å². The molecule has 5 N–H and O–H groups in total. The molecular weight excluding hydrogens is 281 g/mol. The Morgan fingerprint density at radius 3 is 2.70 bits per heavy atom. The maximum absolute atomic E-state index is 14.1. The van der Waals surface area contributed by atoms with Gasteiger partial charge in [0, 0.05) is 11.8 Å². The summed E-state index contributed by atoms with van der Waals surface area (Å²) in [6.45, 7) is 2.44. The van der Waals surface area contributed by atoms with Crippen LogP contribution in [0.15, 0.2) is 30.3 Å². The van der Waals surface area contributed by atoms with E-state index in [2.05, 4.69) is 5.32 Å². The molecule has 0 amide bonds. The van der Waals surface area contributed by atoms with E-state index in [1.807, 2.05) is 13.0 Å². The van der Waals surface area contributed by atoms with Crippen molar-refractivity contribution in [2.45, 2.75) is 6.92 Å². The molecule has 0 saturated carbocycles. The second-order valence-corrected chi connectivity index (χ2v) is 4.52. The molecule has 0 aliphatic heterocycles. The Morgan fingerprint density at radius 2 is 2.00 bits per heavy atom. The summed E-state index contributed by atoms with van der Waals surface area (Å²) in [6.07, 6.45) is 0. The molecule has 20 heavy (non-hydrogen) atoms. The van der Waals surface area contributed by atoms with E-state index in [1.54, 1.807) is 18.2 Å². The molecule has 2 aromatic carbocycles. The van der Waals surface area contributed by atoms with Gasteiger partial charge in [0.15, 0.2) is 5.82 Å². The normalized spacial score (nSPS) is 10.3. The fourth-order valence-electron chi connectivity index (χ4n) is 1.77. The minimum Gasteiger partial charge on any atom is -0.494 e. The molecule has 0 unspecified atom stereocenters. The van der Waals surface area contributed by atoms with Crippen molar-refractivity contribution >= 4 is 34.4 Å².